The molecule has 3 rings (SSSR count). The Balaban J connectivity index is 1.65. The molecule has 0 fully saturated rings. The molecule has 4 nitrogen and oxygen atoms in total. The highest BCUT2D eigenvalue weighted by molar-refractivity contribution is 5.48. The summed E-state index contributed by atoms with van der Waals surface area (Å²) in [7, 11) is 3.36. The lowest BCUT2D eigenvalue weighted by atomic mass is 9.98. The highest BCUT2D eigenvalue weighted by atomic mass is 16.5. The summed E-state index contributed by atoms with van der Waals surface area (Å²) in [5, 5.41) is 0. The van der Waals surface area contributed by atoms with Gasteiger partial charge in [0.15, 0.2) is 11.5 Å². The van der Waals surface area contributed by atoms with E-state index in [-0.39, 0.29) is 0 Å². The lowest BCUT2D eigenvalue weighted by Gasteiger charge is -2.34. The molecule has 128 valence electrons. The normalized spacial score (nSPS) is 15.5. The monoisotopic (exact) mass is 327 g/mol. The van der Waals surface area contributed by atoms with Gasteiger partial charge in [-0.2, -0.15) is 0 Å². The molecule has 0 amide bonds. The van der Waals surface area contributed by atoms with E-state index < -0.39 is 0 Å². The Morgan fingerprint density at radius 1 is 1.00 bits per heavy atom. The number of hydrogen-bond donors (Lipinski definition) is 0. The van der Waals surface area contributed by atoms with Crippen LogP contribution in [0.25, 0.3) is 0 Å². The van der Waals surface area contributed by atoms with E-state index in [1.54, 1.807) is 14.2 Å². The Morgan fingerprint density at radius 2 is 1.67 bits per heavy atom. The second kappa shape index (κ2) is 7.58. The Kier molecular flexibility index (Phi) is 5.26. The summed E-state index contributed by atoms with van der Waals surface area (Å²) >= 11 is 0. The van der Waals surface area contributed by atoms with Gasteiger partial charge >= 0.3 is 0 Å². The fourth-order valence-electron chi connectivity index (χ4n) is 3.12. The average Bonchev–Trinajstić information content (AvgIpc) is 2.65. The predicted molar refractivity (Wildman–Crippen MR) is 95.1 cm³/mol. The minimum absolute atomic E-state index is 0.353. The van der Waals surface area contributed by atoms with E-state index in [2.05, 4.69) is 24.0 Å². The van der Waals surface area contributed by atoms with Crippen LogP contribution < -0.4 is 14.2 Å². The molecule has 0 aliphatic carbocycles. The number of methoxy groups -OCH3 is 2. The number of para-hydroxylation sites is 1. The van der Waals surface area contributed by atoms with Gasteiger partial charge in [-0.3, -0.25) is 4.90 Å². The minimum Gasteiger partial charge on any atom is -0.493 e. The minimum atomic E-state index is 0.353. The molecular formula is C20H25NO3. The molecule has 0 saturated carbocycles. The van der Waals surface area contributed by atoms with Gasteiger partial charge < -0.3 is 14.2 Å². The number of rotatable bonds is 6. The van der Waals surface area contributed by atoms with Crippen molar-refractivity contribution in [3.63, 3.8) is 0 Å². The van der Waals surface area contributed by atoms with Crippen LogP contribution >= 0.6 is 0 Å². The third kappa shape index (κ3) is 3.65. The molecule has 2 aromatic rings. The van der Waals surface area contributed by atoms with Crippen LogP contribution in [0, 0.1) is 0 Å². The van der Waals surface area contributed by atoms with E-state index in [0.717, 1.165) is 36.8 Å². The standard InChI is InChI=1S/C20H25NO3/c1-15(14-24-18-7-5-4-6-8-18)21-10-9-16-11-19(22-2)20(23-3)12-17(16)13-21/h4-8,11-12,15H,9-10,13-14H2,1-3H3. The molecule has 4 heteroatoms. The van der Waals surface area contributed by atoms with Gasteiger partial charge in [-0.1, -0.05) is 18.2 Å². The molecule has 0 aromatic heterocycles. The first-order chi connectivity index (χ1) is 11.7. The molecule has 0 N–H and O–H groups in total. The highest BCUT2D eigenvalue weighted by Gasteiger charge is 2.23. The summed E-state index contributed by atoms with van der Waals surface area (Å²) < 4.78 is 16.7. The zero-order valence-electron chi connectivity index (χ0n) is 14.6. The summed E-state index contributed by atoms with van der Waals surface area (Å²) in [6.45, 7) is 4.85. The van der Waals surface area contributed by atoms with E-state index in [1.807, 2.05) is 30.3 Å². The zero-order chi connectivity index (χ0) is 16.9. The molecule has 0 radical (unpaired) electrons. The molecule has 1 heterocycles. The maximum absolute atomic E-state index is 5.90. The van der Waals surface area contributed by atoms with Crippen molar-refractivity contribution < 1.29 is 14.2 Å². The quantitative estimate of drug-likeness (QED) is 0.812. The second-order valence-corrected chi connectivity index (χ2v) is 6.17. The van der Waals surface area contributed by atoms with E-state index in [9.17, 15) is 0 Å². The van der Waals surface area contributed by atoms with Crippen LogP contribution in [-0.2, 0) is 13.0 Å². The van der Waals surface area contributed by atoms with E-state index in [4.69, 9.17) is 14.2 Å². The molecule has 0 bridgehead atoms. The van der Waals surface area contributed by atoms with Crippen molar-refractivity contribution in [3.05, 3.63) is 53.6 Å². The van der Waals surface area contributed by atoms with Gasteiger partial charge in [-0.25, -0.2) is 0 Å². The maximum Gasteiger partial charge on any atom is 0.161 e. The van der Waals surface area contributed by atoms with Crippen LogP contribution in [0.5, 0.6) is 17.2 Å². The smallest absolute Gasteiger partial charge is 0.161 e. The SMILES string of the molecule is COc1cc2c(cc1OC)CN(C(C)COc1ccccc1)CC2. The van der Waals surface area contributed by atoms with Crippen LogP contribution in [0.15, 0.2) is 42.5 Å². The molecular weight excluding hydrogens is 302 g/mol. The average molecular weight is 327 g/mol. The van der Waals surface area contributed by atoms with Crippen molar-refractivity contribution >= 4 is 0 Å². The second-order valence-electron chi connectivity index (χ2n) is 6.17. The summed E-state index contributed by atoms with van der Waals surface area (Å²) in [6.07, 6.45) is 1.02. The summed E-state index contributed by atoms with van der Waals surface area (Å²) in [5.41, 5.74) is 2.66. The molecule has 0 spiro atoms. The van der Waals surface area contributed by atoms with Crippen LogP contribution in [-0.4, -0.2) is 38.3 Å². The van der Waals surface area contributed by atoms with Gasteiger partial charge in [0.1, 0.15) is 12.4 Å². The molecule has 1 atom stereocenters. The van der Waals surface area contributed by atoms with Gasteiger partial charge in [0.2, 0.25) is 0 Å². The van der Waals surface area contributed by atoms with Gasteiger partial charge in [0.05, 0.1) is 14.2 Å². The van der Waals surface area contributed by atoms with Gasteiger partial charge in [-0.05, 0) is 48.7 Å². The van der Waals surface area contributed by atoms with Crippen LogP contribution in [0.3, 0.4) is 0 Å². The Bertz CT molecular complexity index is 672. The first-order valence-electron chi connectivity index (χ1n) is 8.37. The van der Waals surface area contributed by atoms with Gasteiger partial charge in [0, 0.05) is 19.1 Å². The first-order valence-corrected chi connectivity index (χ1v) is 8.37. The van der Waals surface area contributed by atoms with Crippen molar-refractivity contribution in [3.8, 4) is 17.2 Å². The molecule has 2 aromatic carbocycles. The maximum atomic E-state index is 5.90. The third-order valence-corrected chi connectivity index (χ3v) is 4.61. The molecule has 1 aliphatic rings. The number of ether oxygens (including phenoxy) is 3. The van der Waals surface area contributed by atoms with Crippen LogP contribution in [0.4, 0.5) is 0 Å². The lowest BCUT2D eigenvalue weighted by molar-refractivity contribution is 0.133. The van der Waals surface area contributed by atoms with E-state index in [1.165, 1.54) is 11.1 Å². The summed E-state index contributed by atoms with van der Waals surface area (Å²) in [5.74, 6) is 2.53. The Labute approximate surface area is 144 Å². The topological polar surface area (TPSA) is 30.9 Å². The third-order valence-electron chi connectivity index (χ3n) is 4.61. The fraction of sp³-hybridized carbons (Fsp3) is 0.400. The fourth-order valence-corrected chi connectivity index (χ4v) is 3.12. The van der Waals surface area contributed by atoms with Crippen molar-refractivity contribution in [2.24, 2.45) is 0 Å². The zero-order valence-corrected chi connectivity index (χ0v) is 14.6. The summed E-state index contributed by atoms with van der Waals surface area (Å²) in [6, 6.07) is 14.5. The predicted octanol–water partition coefficient (Wildman–Crippen LogP) is 3.53. The highest BCUT2D eigenvalue weighted by Crippen LogP contribution is 2.33. The summed E-state index contributed by atoms with van der Waals surface area (Å²) in [4.78, 5) is 2.46. The number of nitrogens with zero attached hydrogens (tertiary/aromatic N) is 1. The molecule has 1 aliphatic heterocycles. The number of benzene rings is 2. The van der Waals surface area contributed by atoms with E-state index >= 15 is 0 Å². The first kappa shape index (κ1) is 16.7. The van der Waals surface area contributed by atoms with Gasteiger partial charge in [0.25, 0.3) is 0 Å². The molecule has 24 heavy (non-hydrogen) atoms. The number of fused-ring (bicyclic) bond motifs is 1. The molecule has 1 unspecified atom stereocenters. The van der Waals surface area contributed by atoms with Crippen molar-refractivity contribution in [2.75, 3.05) is 27.4 Å². The van der Waals surface area contributed by atoms with Crippen molar-refractivity contribution in [1.82, 2.24) is 4.90 Å². The van der Waals surface area contributed by atoms with Crippen molar-refractivity contribution in [1.29, 1.82) is 0 Å². The molecule has 0 saturated heterocycles. The Morgan fingerprint density at radius 3 is 2.33 bits per heavy atom. The lowest BCUT2D eigenvalue weighted by Crippen LogP contribution is -2.40. The van der Waals surface area contributed by atoms with Crippen molar-refractivity contribution in [2.45, 2.75) is 25.9 Å². The largest absolute Gasteiger partial charge is 0.493 e. The van der Waals surface area contributed by atoms with Crippen LogP contribution in [0.1, 0.15) is 18.1 Å². The number of hydrogen-bond acceptors (Lipinski definition) is 4. The Hall–Kier alpha value is -2.20. The van der Waals surface area contributed by atoms with Gasteiger partial charge in [-0.15, -0.1) is 0 Å². The van der Waals surface area contributed by atoms with Crippen LogP contribution in [0.2, 0.25) is 0 Å². The van der Waals surface area contributed by atoms with E-state index in [0.29, 0.717) is 12.6 Å².